The van der Waals surface area contributed by atoms with Crippen molar-refractivity contribution in [2.24, 2.45) is 0 Å². The molecule has 2 aromatic rings. The second kappa shape index (κ2) is 8.49. The van der Waals surface area contributed by atoms with Crippen LogP contribution in [0.15, 0.2) is 54.6 Å². The maximum Gasteiger partial charge on any atom is 0.156 e. The van der Waals surface area contributed by atoms with E-state index in [9.17, 15) is 10.2 Å². The van der Waals surface area contributed by atoms with Gasteiger partial charge in [0.1, 0.15) is 12.2 Å². The summed E-state index contributed by atoms with van der Waals surface area (Å²) in [5.74, 6) is 0.791. The van der Waals surface area contributed by atoms with Crippen LogP contribution in [0, 0.1) is 0 Å². The van der Waals surface area contributed by atoms with Gasteiger partial charge in [0.05, 0.1) is 18.6 Å². The molecule has 0 saturated carbocycles. The van der Waals surface area contributed by atoms with E-state index in [1.807, 2.05) is 56.3 Å². The summed E-state index contributed by atoms with van der Waals surface area (Å²) in [6.07, 6.45) is -0.0835. The summed E-state index contributed by atoms with van der Waals surface area (Å²) in [5.41, 5.74) is -0.196. The Morgan fingerprint density at radius 1 is 0.964 bits per heavy atom. The van der Waals surface area contributed by atoms with Gasteiger partial charge in [-0.15, -0.1) is 0 Å². The maximum absolute atomic E-state index is 10.4. The van der Waals surface area contributed by atoms with Crippen molar-refractivity contribution in [3.63, 3.8) is 0 Å². The number of hydrogen-bond acceptors (Lipinski definition) is 3. The standard InChI is InChI=1S/C21H28B2O3P2/c1-15-20(24)21(25)16(2)27(15,22)13-14-28(23,17-9-5-4-6-10-17)19-12-8-7-11-18(19)26-3/h4-12,15-16,20-21,24-25H,13-14H2,1-3H3/t15-,16-,20+,21+,28?/m0/s1. The Morgan fingerprint density at radius 3 is 2.07 bits per heavy atom. The van der Waals surface area contributed by atoms with E-state index in [-0.39, 0.29) is 11.3 Å². The van der Waals surface area contributed by atoms with Crippen LogP contribution in [-0.2, 0) is 0 Å². The van der Waals surface area contributed by atoms with Crippen LogP contribution in [0.3, 0.4) is 0 Å². The van der Waals surface area contributed by atoms with Crippen molar-refractivity contribution < 1.29 is 14.9 Å². The highest BCUT2D eigenvalue weighted by Crippen LogP contribution is 2.71. The summed E-state index contributed by atoms with van der Waals surface area (Å²) in [7, 11) is 11.4. The molecule has 146 valence electrons. The van der Waals surface area contributed by atoms with Gasteiger partial charge in [-0.3, -0.25) is 7.57 Å². The molecule has 3 nitrogen and oxygen atoms in total. The molecule has 2 N–H and O–H groups in total. The first kappa shape index (κ1) is 21.8. The van der Waals surface area contributed by atoms with Gasteiger partial charge in [0.15, 0.2) is 5.75 Å². The largest absolute Gasteiger partial charge is 0.493 e. The predicted molar refractivity (Wildman–Crippen MR) is 125 cm³/mol. The van der Waals surface area contributed by atoms with Crippen LogP contribution in [0.25, 0.3) is 0 Å². The highest BCUT2D eigenvalue weighted by molar-refractivity contribution is 8.09. The average Bonchev–Trinajstić information content (AvgIpc) is 2.88. The summed E-state index contributed by atoms with van der Waals surface area (Å²) in [6, 6.07) is 18.1. The number of para-hydroxylation sites is 1. The minimum atomic E-state index is -2.26. The summed E-state index contributed by atoms with van der Waals surface area (Å²) in [5, 5.41) is 22.9. The lowest BCUT2D eigenvalue weighted by molar-refractivity contribution is 0.0327. The van der Waals surface area contributed by atoms with Crippen LogP contribution in [0.2, 0.25) is 0 Å². The monoisotopic (exact) mass is 412 g/mol. The lowest BCUT2D eigenvalue weighted by Gasteiger charge is -2.45. The molecule has 3 rings (SSSR count). The average molecular weight is 412 g/mol. The Labute approximate surface area is 172 Å². The minimum absolute atomic E-state index is 0.0978. The quantitative estimate of drug-likeness (QED) is 0.566. The van der Waals surface area contributed by atoms with Gasteiger partial charge in [0.2, 0.25) is 0 Å². The van der Waals surface area contributed by atoms with Gasteiger partial charge in [-0.1, -0.05) is 30.3 Å². The smallest absolute Gasteiger partial charge is 0.156 e. The summed E-state index contributed by atoms with van der Waals surface area (Å²) < 4.78 is 5.63. The van der Waals surface area contributed by atoms with Crippen LogP contribution in [-0.4, -0.2) is 68.3 Å². The lowest BCUT2D eigenvalue weighted by Crippen LogP contribution is -2.30. The van der Waals surface area contributed by atoms with E-state index in [0.29, 0.717) is 0 Å². The molecule has 1 aliphatic heterocycles. The molecule has 5 atom stereocenters. The molecule has 1 aliphatic rings. The Kier molecular flexibility index (Phi) is 6.62. The van der Waals surface area contributed by atoms with E-state index in [0.717, 1.165) is 28.7 Å². The van der Waals surface area contributed by atoms with Crippen LogP contribution >= 0.6 is 14.3 Å². The second-order valence-electron chi connectivity index (χ2n) is 7.78. The molecule has 1 saturated heterocycles. The molecule has 0 aromatic heterocycles. The SMILES string of the molecule is [B-][P+](CC[P+]1([B-])[C@@H](C)[C@@H](O)[C@H](O)[C@@H]1C)(c1ccccc1)c1ccccc1OC. The van der Waals surface area contributed by atoms with Crippen molar-refractivity contribution in [2.75, 3.05) is 19.4 Å². The molecule has 1 heterocycles. The molecule has 0 bridgehead atoms. The van der Waals surface area contributed by atoms with Gasteiger partial charge in [0.25, 0.3) is 0 Å². The summed E-state index contributed by atoms with van der Waals surface area (Å²) in [6.45, 7) is 3.93. The number of aliphatic hydroxyl groups is 2. The van der Waals surface area contributed by atoms with Gasteiger partial charge in [-0.25, -0.2) is 7.14 Å². The molecule has 1 unspecified atom stereocenters. The molecule has 7 heteroatoms. The summed E-state index contributed by atoms with van der Waals surface area (Å²) >= 11 is 0. The third kappa shape index (κ3) is 3.68. The fraction of sp³-hybridized carbons (Fsp3) is 0.429. The minimum Gasteiger partial charge on any atom is -0.493 e. The number of benzene rings is 2. The molecule has 28 heavy (non-hydrogen) atoms. The van der Waals surface area contributed by atoms with Crippen LogP contribution < -0.4 is 15.3 Å². The zero-order valence-electron chi connectivity index (χ0n) is 16.8. The van der Waals surface area contributed by atoms with Crippen molar-refractivity contribution in [3.05, 3.63) is 54.6 Å². The normalized spacial score (nSPS) is 32.1. The van der Waals surface area contributed by atoms with Gasteiger partial charge >= 0.3 is 0 Å². The van der Waals surface area contributed by atoms with Crippen LogP contribution in [0.1, 0.15) is 13.8 Å². The van der Waals surface area contributed by atoms with E-state index in [4.69, 9.17) is 19.9 Å². The van der Waals surface area contributed by atoms with Crippen molar-refractivity contribution >= 4 is 40.0 Å². The zero-order chi connectivity index (χ0) is 20.5. The van der Waals surface area contributed by atoms with E-state index in [1.165, 1.54) is 0 Å². The molecule has 0 amide bonds. The molecule has 0 spiro atoms. The van der Waals surface area contributed by atoms with E-state index >= 15 is 0 Å². The fourth-order valence-corrected chi connectivity index (χ4v) is 12.4. The number of rotatable bonds is 6. The Morgan fingerprint density at radius 2 is 1.50 bits per heavy atom. The van der Waals surface area contributed by atoms with Crippen molar-refractivity contribution in [3.8, 4) is 5.75 Å². The maximum atomic E-state index is 10.4. The van der Waals surface area contributed by atoms with Crippen LogP contribution in [0.4, 0.5) is 0 Å². The van der Waals surface area contributed by atoms with Crippen molar-refractivity contribution in [1.82, 2.24) is 0 Å². The molecule has 2 aromatic carbocycles. The number of ether oxygens (including phenoxy) is 1. The van der Waals surface area contributed by atoms with Crippen LogP contribution in [0.5, 0.6) is 5.75 Å². The topological polar surface area (TPSA) is 49.7 Å². The Balaban J connectivity index is 2.00. The number of hydrogen-bond donors (Lipinski definition) is 2. The second-order valence-corrected chi connectivity index (χ2v) is 15.0. The molecule has 1 fully saturated rings. The zero-order valence-corrected chi connectivity index (χ0v) is 18.6. The van der Waals surface area contributed by atoms with E-state index in [2.05, 4.69) is 12.1 Å². The van der Waals surface area contributed by atoms with E-state index in [1.54, 1.807) is 7.11 Å². The predicted octanol–water partition coefficient (Wildman–Crippen LogP) is 2.36. The summed E-state index contributed by atoms with van der Waals surface area (Å²) in [4.78, 5) is 0. The van der Waals surface area contributed by atoms with Gasteiger partial charge in [0, 0.05) is 22.8 Å². The number of aliphatic hydroxyl groups excluding tert-OH is 2. The Hall–Kier alpha value is -0.850. The molecular formula is C21H28B2O3P2. The first-order valence-electron chi connectivity index (χ1n) is 9.63. The lowest BCUT2D eigenvalue weighted by atomic mass is 10.1. The molecule has 0 aliphatic carbocycles. The van der Waals surface area contributed by atoms with Gasteiger partial charge < -0.3 is 22.5 Å². The highest BCUT2D eigenvalue weighted by Gasteiger charge is 2.51. The molecule has 6 radical (unpaired) electrons. The fourth-order valence-electron chi connectivity index (χ4n) is 4.29. The third-order valence-corrected chi connectivity index (χ3v) is 14.8. The first-order valence-corrected chi connectivity index (χ1v) is 13.9. The van der Waals surface area contributed by atoms with E-state index < -0.39 is 26.5 Å². The van der Waals surface area contributed by atoms with Gasteiger partial charge in [-0.05, 0) is 38.1 Å². The van der Waals surface area contributed by atoms with Crippen molar-refractivity contribution in [2.45, 2.75) is 37.4 Å². The Bertz CT molecular complexity index is 793. The number of methoxy groups -OCH3 is 1. The third-order valence-electron chi connectivity index (χ3n) is 6.43. The highest BCUT2D eigenvalue weighted by atomic mass is 31.2. The van der Waals surface area contributed by atoms with Crippen molar-refractivity contribution in [1.29, 1.82) is 0 Å². The molecular weight excluding hydrogens is 384 g/mol. The van der Waals surface area contributed by atoms with Gasteiger partial charge in [-0.2, -0.15) is 7.14 Å². The first-order chi connectivity index (χ1) is 13.3.